The highest BCUT2D eigenvalue weighted by molar-refractivity contribution is 6.06. The van der Waals surface area contributed by atoms with E-state index < -0.39 is 53.9 Å². The van der Waals surface area contributed by atoms with Crippen LogP contribution in [-0.2, 0) is 13.2 Å². The van der Waals surface area contributed by atoms with Crippen molar-refractivity contribution in [3.05, 3.63) is 75.6 Å². The van der Waals surface area contributed by atoms with Gasteiger partial charge in [0.2, 0.25) is 5.95 Å². The van der Waals surface area contributed by atoms with E-state index in [1.54, 1.807) is 0 Å². The number of nitrogen functional groups attached to an aromatic ring is 1. The lowest BCUT2D eigenvalue weighted by Crippen LogP contribution is -2.51. The van der Waals surface area contributed by atoms with Gasteiger partial charge in [-0.2, -0.15) is 18.2 Å². The van der Waals surface area contributed by atoms with E-state index in [1.807, 2.05) is 11.8 Å². The molecule has 0 aliphatic carbocycles. The molecule has 2 N–H and O–H groups in total. The van der Waals surface area contributed by atoms with Gasteiger partial charge in [0.1, 0.15) is 11.2 Å². The summed E-state index contributed by atoms with van der Waals surface area (Å²) in [5.74, 6) is -1.04. The Morgan fingerprint density at radius 1 is 1.17 bits per heavy atom. The van der Waals surface area contributed by atoms with Crippen molar-refractivity contribution in [1.82, 2.24) is 29.3 Å². The molecule has 13 heteroatoms. The molecule has 42 heavy (non-hydrogen) atoms. The summed E-state index contributed by atoms with van der Waals surface area (Å²) in [4.78, 5) is 45.1. The Hall–Kier alpha value is -4.36. The van der Waals surface area contributed by atoms with Gasteiger partial charge in [-0.25, -0.2) is 9.97 Å². The zero-order valence-corrected chi connectivity index (χ0v) is 23.0. The molecule has 10 nitrogen and oxygen atoms in total. The fourth-order valence-electron chi connectivity index (χ4n) is 4.72. The molecule has 220 valence electrons. The van der Waals surface area contributed by atoms with Gasteiger partial charge >= 0.3 is 6.18 Å². The van der Waals surface area contributed by atoms with E-state index in [2.05, 4.69) is 19.9 Å². The molecule has 0 bridgehead atoms. The maximum atomic E-state index is 14.1. The second-order valence-electron chi connectivity index (χ2n) is 9.84. The van der Waals surface area contributed by atoms with E-state index in [4.69, 9.17) is 9.85 Å². The van der Waals surface area contributed by atoms with Crippen molar-refractivity contribution in [2.24, 2.45) is 7.05 Å². The zero-order chi connectivity index (χ0) is 33.5. The number of likely N-dealkylation sites (N-methyl/N-ethyl adjacent to an activating group) is 1. The Bertz CT molecular complexity index is 1880. The summed E-state index contributed by atoms with van der Waals surface area (Å²) in [5, 5.41) is 0. The Balaban J connectivity index is 1.74. The number of alkyl halides is 3. The highest BCUT2D eigenvalue weighted by Crippen LogP contribution is 2.31. The van der Waals surface area contributed by atoms with Crippen molar-refractivity contribution in [1.29, 1.82) is 0 Å². The number of rotatable bonds is 6. The topological polar surface area (TPSA) is 113 Å². The van der Waals surface area contributed by atoms with Gasteiger partial charge in [-0.15, -0.1) is 0 Å². The predicted molar refractivity (Wildman–Crippen MR) is 154 cm³/mol. The van der Waals surface area contributed by atoms with Crippen LogP contribution in [0, 0.1) is 6.90 Å². The lowest BCUT2D eigenvalue weighted by atomic mass is 10.0. The van der Waals surface area contributed by atoms with Crippen LogP contribution in [-0.4, -0.2) is 74.6 Å². The average Bonchev–Trinajstić information content (AvgIpc) is 3.04. The number of nitrogens with two attached hydrogens (primary N) is 1. The smallest absolute Gasteiger partial charge is 0.368 e. The molecule has 4 aromatic rings. The van der Waals surface area contributed by atoms with Crippen molar-refractivity contribution < 1.29 is 23.4 Å². The van der Waals surface area contributed by atoms with Crippen molar-refractivity contribution in [3.63, 3.8) is 0 Å². The maximum absolute atomic E-state index is 14.1. The molecular formula is C29H31F3N8O2. The molecule has 2 aromatic heterocycles. The highest BCUT2D eigenvalue weighted by atomic mass is 19.4. The van der Waals surface area contributed by atoms with Crippen LogP contribution < -0.4 is 16.2 Å². The molecule has 2 aromatic carbocycles. The molecule has 0 radical (unpaired) electrons. The second-order valence-corrected chi connectivity index (χ2v) is 9.84. The van der Waals surface area contributed by atoms with Crippen LogP contribution in [0.1, 0.15) is 33.9 Å². The quantitative estimate of drug-likeness (QED) is 0.364. The monoisotopic (exact) mass is 588 g/mol. The van der Waals surface area contributed by atoms with E-state index in [1.165, 1.54) is 19.3 Å². The molecule has 1 aliphatic rings. The summed E-state index contributed by atoms with van der Waals surface area (Å²) in [5.41, 5.74) is 2.63. The largest absolute Gasteiger partial charge is 0.416 e. The van der Waals surface area contributed by atoms with Crippen molar-refractivity contribution in [2.75, 3.05) is 50.0 Å². The van der Waals surface area contributed by atoms with Crippen molar-refractivity contribution in [3.8, 4) is 11.3 Å². The number of aryl methyl sites for hydroxylation is 1. The summed E-state index contributed by atoms with van der Waals surface area (Å²) in [6.45, 7) is 4.28. The molecule has 5 rings (SSSR count). The minimum atomic E-state index is -4.73. The predicted octanol–water partition coefficient (Wildman–Crippen LogP) is 3.54. The molecule has 3 heterocycles. The molecule has 1 saturated heterocycles. The Morgan fingerprint density at radius 2 is 1.90 bits per heavy atom. The van der Waals surface area contributed by atoms with E-state index in [-0.39, 0.29) is 46.2 Å². The summed E-state index contributed by atoms with van der Waals surface area (Å²) in [7, 11) is 1.40. The molecule has 0 spiro atoms. The van der Waals surface area contributed by atoms with Gasteiger partial charge < -0.3 is 10.6 Å². The van der Waals surface area contributed by atoms with E-state index in [0.29, 0.717) is 32.2 Å². The summed E-state index contributed by atoms with van der Waals surface area (Å²) in [6, 6.07) is 2.18. The highest BCUT2D eigenvalue weighted by Gasteiger charge is 2.32. The third-order valence-electron chi connectivity index (χ3n) is 7.15. The normalized spacial score (nSPS) is 16.1. The number of nitrogens with zero attached hydrogens (tertiary/aromatic N) is 7. The van der Waals surface area contributed by atoms with E-state index in [9.17, 15) is 24.1 Å². The Labute approximate surface area is 245 Å². The number of hydrogen-bond donors (Lipinski definition) is 1. The molecular weight excluding hydrogens is 549 g/mol. The Kier molecular flexibility index (Phi) is 6.64. The van der Waals surface area contributed by atoms with Crippen LogP contribution in [0.2, 0.25) is 0 Å². The number of aromatic nitrogens is 4. The summed E-state index contributed by atoms with van der Waals surface area (Å²) < 4.78 is 77.0. The number of benzene rings is 2. The van der Waals surface area contributed by atoms with Crippen LogP contribution in [0.5, 0.6) is 0 Å². The number of hydrogen-bond acceptors (Lipinski definition) is 8. The lowest BCUT2D eigenvalue weighted by Gasteiger charge is -2.37. The molecule has 0 atom stereocenters. The van der Waals surface area contributed by atoms with Crippen LogP contribution in [0.4, 0.5) is 24.8 Å². The fraction of sp³-hybridized carbons (Fsp3) is 0.345. The summed E-state index contributed by atoms with van der Waals surface area (Å²) >= 11 is 0. The van der Waals surface area contributed by atoms with Gasteiger partial charge in [0.05, 0.1) is 22.5 Å². The number of anilines is 2. The van der Waals surface area contributed by atoms with E-state index in [0.717, 1.165) is 28.1 Å². The number of amides is 1. The zero-order valence-electron chi connectivity index (χ0n) is 27.0. The molecule has 1 fully saturated rings. The number of carbonyl (C=O) groups is 1. The number of piperazine rings is 1. The van der Waals surface area contributed by atoms with Crippen LogP contribution in [0.3, 0.4) is 0 Å². The van der Waals surface area contributed by atoms with E-state index >= 15 is 0 Å². The average molecular weight is 589 g/mol. The fourth-order valence-corrected chi connectivity index (χ4v) is 4.72. The Morgan fingerprint density at radius 3 is 2.60 bits per heavy atom. The maximum Gasteiger partial charge on any atom is 0.416 e. The number of halogens is 3. The molecule has 1 aliphatic heterocycles. The van der Waals surface area contributed by atoms with Crippen LogP contribution in [0.15, 0.2) is 53.4 Å². The lowest BCUT2D eigenvalue weighted by molar-refractivity contribution is -0.137. The third-order valence-corrected chi connectivity index (χ3v) is 7.15. The molecule has 0 unspecified atom stereocenters. The van der Waals surface area contributed by atoms with Gasteiger partial charge in [0.15, 0.2) is 5.65 Å². The second kappa shape index (κ2) is 11.5. The van der Waals surface area contributed by atoms with Crippen LogP contribution in [0.25, 0.3) is 22.4 Å². The first kappa shape index (κ1) is 24.3. The SMILES string of the molecule is [3H]Cc1c([3H])c([3H])c(N(CN2CCN(CC)CC2)C(=O)c2cccc(C(F)(F)F)c2)c([3H])c1-c1nc2cnc(N)nc2n(C)c1=O. The van der Waals surface area contributed by atoms with Crippen molar-refractivity contribution >= 4 is 28.7 Å². The van der Waals surface area contributed by atoms with Gasteiger partial charge in [0.25, 0.3) is 11.5 Å². The van der Waals surface area contributed by atoms with Crippen molar-refractivity contribution in [2.45, 2.75) is 20.0 Å². The number of carbonyl (C=O) groups excluding carboxylic acids is 1. The van der Waals surface area contributed by atoms with Gasteiger partial charge in [-0.05, 0) is 49.3 Å². The first-order chi connectivity index (χ1) is 21.8. The molecule has 1 amide bonds. The van der Waals surface area contributed by atoms with Gasteiger partial charge in [-0.3, -0.25) is 24.0 Å². The minimum Gasteiger partial charge on any atom is -0.368 e. The van der Waals surface area contributed by atoms with Crippen LogP contribution >= 0.6 is 0 Å². The van der Waals surface area contributed by atoms with Gasteiger partial charge in [0, 0.05) is 51.4 Å². The first-order valence-electron chi connectivity index (χ1n) is 15.3. The first-order valence-corrected chi connectivity index (χ1v) is 13.1. The summed E-state index contributed by atoms with van der Waals surface area (Å²) in [6.07, 6.45) is -3.46. The molecule has 0 saturated carbocycles. The third kappa shape index (κ3) is 5.83. The number of fused-ring (bicyclic) bond motifs is 1. The standard InChI is InChI=1S/C29H31F3N8O2/c1-4-38-10-12-39(13-11-38)17-40(26(41)19-6-5-7-20(14-19)29(30,31)32)21-9-8-18(2)22(15-21)24-27(42)37(3)25-23(35-24)16-34-28(33)36-25/h5-9,14-16H,4,10-13,17H2,1-3H3,(H2,33,34,36)/i2T,8T,9T,15T. The minimum absolute atomic E-state index is 0.0937. The van der Waals surface area contributed by atoms with Gasteiger partial charge in [-0.1, -0.05) is 19.0 Å².